The third-order valence-electron chi connectivity index (χ3n) is 23.1. The first-order valence-electron chi connectivity index (χ1n) is 36.9. The molecule has 0 spiro atoms. The summed E-state index contributed by atoms with van der Waals surface area (Å²) in [5.41, 5.74) is 30.3. The van der Waals surface area contributed by atoms with Gasteiger partial charge in [-0.05, 0) is 141 Å². The average Bonchev–Trinajstić information content (AvgIpc) is 1.55. The Hall–Kier alpha value is -14.6. The van der Waals surface area contributed by atoms with E-state index in [1.807, 2.05) is 6.07 Å². The van der Waals surface area contributed by atoms with Crippen molar-refractivity contribution in [2.24, 2.45) is 0 Å². The van der Waals surface area contributed by atoms with Crippen molar-refractivity contribution in [2.75, 3.05) is 0 Å². The normalized spacial score (nSPS) is 12.3. The predicted octanol–water partition coefficient (Wildman–Crippen LogP) is 25.6. The van der Waals surface area contributed by atoms with Gasteiger partial charge in [-0.3, -0.25) is 0 Å². The van der Waals surface area contributed by atoms with Crippen molar-refractivity contribution in [2.45, 2.75) is 0 Å². The Morgan fingerprint density at radius 3 is 1.06 bits per heavy atom. The molecule has 16 aromatic carbocycles. The van der Waals surface area contributed by atoms with Gasteiger partial charge in [-0.1, -0.05) is 255 Å². The van der Waals surface area contributed by atoms with Crippen LogP contribution in [0, 0.1) is 0 Å². The highest BCUT2D eigenvalue weighted by atomic mass is 15.0. The van der Waals surface area contributed by atoms with E-state index >= 15 is 0 Å². The van der Waals surface area contributed by atoms with Crippen molar-refractivity contribution in [3.63, 3.8) is 0 Å². The zero-order valence-corrected chi connectivity index (χ0v) is 58.1. The van der Waals surface area contributed by atoms with E-state index in [0.29, 0.717) is 11.6 Å². The van der Waals surface area contributed by atoms with Gasteiger partial charge in [0.15, 0.2) is 11.6 Å². The molecule has 108 heavy (non-hydrogen) atoms. The molecule has 0 amide bonds. The predicted molar refractivity (Wildman–Crippen MR) is 446 cm³/mol. The minimum Gasteiger partial charge on any atom is -0.309 e. The van der Waals surface area contributed by atoms with Gasteiger partial charge >= 0.3 is 0 Å². The molecular formula is C100H58N8. The monoisotopic (exact) mass is 1370 g/mol. The Labute approximate surface area is 618 Å². The summed E-state index contributed by atoms with van der Waals surface area (Å²) in [6.07, 6.45) is 0. The molecular weight excluding hydrogens is 1310 g/mol. The van der Waals surface area contributed by atoms with Gasteiger partial charge in [0.1, 0.15) is 0 Å². The lowest BCUT2D eigenvalue weighted by atomic mass is 9.92. The van der Waals surface area contributed by atoms with Crippen LogP contribution in [0.1, 0.15) is 0 Å². The summed E-state index contributed by atoms with van der Waals surface area (Å²) >= 11 is 0. The van der Waals surface area contributed by atoms with Gasteiger partial charge in [-0.2, -0.15) is 0 Å². The molecule has 0 aliphatic heterocycles. The SMILES string of the molecule is c1ccc(-c2nc(-c3ccc(-n4c5ccccc5c5ccc(-n6c7ccccc7c7c(-c8ccc9c%10c(cccc8%10)-c8c(-c%10ccccc%10)nc(-c%10ccc(-n%11c%12ccccc%12c%12ccc(-n%13c%14ccccc%14c%14ccccc%14%13)cc%12%11)cc%10)nc8-9)cccc76)cc54)cc3)c3c(n2)-c2cccc4cccc-3c24)cc1. The summed E-state index contributed by atoms with van der Waals surface area (Å²) in [6.45, 7) is 0. The molecule has 0 saturated heterocycles. The Bertz CT molecular complexity index is 7590. The summed E-state index contributed by atoms with van der Waals surface area (Å²) in [4.78, 5) is 22.0. The second-order valence-corrected chi connectivity index (χ2v) is 28.7. The van der Waals surface area contributed by atoms with E-state index in [2.05, 4.69) is 364 Å². The number of fused-ring (bicyclic) bond motifs is 18. The number of hydrogen-bond donors (Lipinski definition) is 0. The van der Waals surface area contributed by atoms with Crippen LogP contribution in [0.4, 0.5) is 0 Å². The fourth-order valence-electron chi connectivity index (χ4n) is 18.5. The van der Waals surface area contributed by atoms with Crippen LogP contribution >= 0.6 is 0 Å². The molecule has 24 rings (SSSR count). The van der Waals surface area contributed by atoms with Crippen molar-refractivity contribution >= 4 is 109 Å². The van der Waals surface area contributed by atoms with Gasteiger partial charge in [0.2, 0.25) is 0 Å². The molecule has 0 N–H and O–H groups in total. The molecule has 0 saturated carbocycles. The molecule has 6 heterocycles. The smallest absolute Gasteiger partial charge is 0.160 e. The van der Waals surface area contributed by atoms with E-state index in [1.54, 1.807) is 0 Å². The summed E-state index contributed by atoms with van der Waals surface area (Å²) in [5, 5.41) is 14.5. The van der Waals surface area contributed by atoms with Crippen molar-refractivity contribution in [1.29, 1.82) is 0 Å². The van der Waals surface area contributed by atoms with Crippen molar-refractivity contribution < 1.29 is 0 Å². The number of nitrogens with zero attached hydrogens (tertiary/aromatic N) is 8. The molecule has 0 radical (unpaired) electrons. The maximum atomic E-state index is 5.64. The average molecular weight is 1370 g/mol. The lowest BCUT2D eigenvalue weighted by molar-refractivity contribution is 1.15. The molecule has 22 aromatic rings. The standard InChI is InChI=1S/C100H58N8/c1-3-21-60(22-4-1)95-94-79-35-19-32-75-68(55-56-81(91(75)79)98(94)104-100(101-95)63-45-49-65(50-46-63)106-83-38-13-10-29-71(83)73-53-51-66(57-88(73)106)107-84-39-14-7-27-69(84)70-28-8-15-40-85(70)107)76-33-20-42-87-92(76)77-31-11-16-41-86(77)108(87)67-52-54-74-72-30-9-12-37-82(72)105(89(74)58-67)64-47-43-61(44-48-64)96-93-78-34-17-25-59-26-18-36-80(90(59)78)97(93)103-99(102-96)62-23-5-2-6-24-62/h1-58H. The number of hydrogen-bond acceptors (Lipinski definition) is 4. The molecule has 8 nitrogen and oxygen atoms in total. The second-order valence-electron chi connectivity index (χ2n) is 28.7. The van der Waals surface area contributed by atoms with E-state index in [1.165, 1.54) is 86.8 Å². The molecule has 2 aliphatic rings. The van der Waals surface area contributed by atoms with Crippen LogP contribution in [0.3, 0.4) is 0 Å². The zero-order chi connectivity index (χ0) is 70.4. The molecule has 0 bridgehead atoms. The lowest BCUT2D eigenvalue weighted by Gasteiger charge is -2.14. The van der Waals surface area contributed by atoms with Crippen LogP contribution in [0.15, 0.2) is 352 Å². The minimum absolute atomic E-state index is 0.679. The highest BCUT2D eigenvalue weighted by Gasteiger charge is 2.32. The summed E-state index contributed by atoms with van der Waals surface area (Å²) in [5.74, 6) is 1.39. The van der Waals surface area contributed by atoms with E-state index in [4.69, 9.17) is 19.9 Å². The Kier molecular flexibility index (Phi) is 12.2. The third kappa shape index (κ3) is 8.33. The number of para-hydroxylation sites is 5. The molecule has 8 heteroatoms. The van der Waals surface area contributed by atoms with Gasteiger partial charge in [-0.25, -0.2) is 19.9 Å². The minimum atomic E-state index is 0.679. The van der Waals surface area contributed by atoms with Gasteiger partial charge in [0, 0.05) is 110 Å². The first-order valence-corrected chi connectivity index (χ1v) is 36.9. The molecule has 0 fully saturated rings. The number of aromatic nitrogens is 8. The Balaban J connectivity index is 0.620. The highest BCUT2D eigenvalue weighted by Crippen LogP contribution is 2.55. The van der Waals surface area contributed by atoms with E-state index < -0.39 is 0 Å². The van der Waals surface area contributed by atoms with Gasteiger partial charge in [0.05, 0.1) is 66.9 Å². The summed E-state index contributed by atoms with van der Waals surface area (Å²) in [7, 11) is 0. The van der Waals surface area contributed by atoms with E-state index in [0.717, 1.165) is 134 Å². The topological polar surface area (TPSA) is 71.3 Å². The highest BCUT2D eigenvalue weighted by molar-refractivity contribution is 6.25. The van der Waals surface area contributed by atoms with Gasteiger partial charge in [0.25, 0.3) is 0 Å². The second kappa shape index (κ2) is 22.5. The van der Waals surface area contributed by atoms with Crippen molar-refractivity contribution in [1.82, 2.24) is 38.2 Å². The summed E-state index contributed by atoms with van der Waals surface area (Å²) < 4.78 is 9.71. The number of rotatable bonds is 9. The van der Waals surface area contributed by atoms with Crippen molar-refractivity contribution in [3.8, 4) is 124 Å². The fraction of sp³-hybridized carbons (Fsp3) is 0. The third-order valence-corrected chi connectivity index (χ3v) is 23.1. The van der Waals surface area contributed by atoms with Crippen molar-refractivity contribution in [3.05, 3.63) is 352 Å². The fourth-order valence-corrected chi connectivity index (χ4v) is 18.5. The molecule has 2 aliphatic carbocycles. The van der Waals surface area contributed by atoms with E-state index in [9.17, 15) is 0 Å². The van der Waals surface area contributed by atoms with Crippen LogP contribution in [0.2, 0.25) is 0 Å². The van der Waals surface area contributed by atoms with E-state index in [-0.39, 0.29) is 0 Å². The largest absolute Gasteiger partial charge is 0.309 e. The molecule has 0 atom stereocenters. The lowest BCUT2D eigenvalue weighted by Crippen LogP contribution is -1.99. The first kappa shape index (κ1) is 58.9. The van der Waals surface area contributed by atoms with Crippen LogP contribution in [0.25, 0.3) is 233 Å². The first-order chi connectivity index (χ1) is 53.6. The van der Waals surface area contributed by atoms with Crippen LogP contribution < -0.4 is 0 Å². The number of benzene rings is 16. The Morgan fingerprint density at radius 1 is 0.176 bits per heavy atom. The summed E-state index contributed by atoms with van der Waals surface area (Å²) in [6, 6.07) is 128. The quantitative estimate of drug-likeness (QED) is 0.144. The zero-order valence-electron chi connectivity index (χ0n) is 58.1. The maximum absolute atomic E-state index is 5.64. The van der Waals surface area contributed by atoms with Gasteiger partial charge in [-0.15, -0.1) is 0 Å². The van der Waals surface area contributed by atoms with Crippen LogP contribution in [-0.4, -0.2) is 38.2 Å². The van der Waals surface area contributed by atoms with Gasteiger partial charge < -0.3 is 18.3 Å². The Morgan fingerprint density at radius 2 is 0.519 bits per heavy atom. The van der Waals surface area contributed by atoms with Crippen LogP contribution in [-0.2, 0) is 0 Å². The maximum Gasteiger partial charge on any atom is 0.160 e. The van der Waals surface area contributed by atoms with Crippen LogP contribution in [0.5, 0.6) is 0 Å². The molecule has 498 valence electrons. The molecule has 6 aromatic heterocycles. The molecule has 0 unspecified atom stereocenters.